The minimum Gasteiger partial charge on any atom is -0.459 e. The van der Waals surface area contributed by atoms with E-state index in [1.165, 1.54) is 12.5 Å². The Morgan fingerprint density at radius 1 is 1.67 bits per heavy atom. The van der Waals surface area contributed by atoms with Crippen molar-refractivity contribution >= 4 is 17.4 Å². The molecule has 0 aromatic carbocycles. The van der Waals surface area contributed by atoms with E-state index in [-0.39, 0.29) is 11.7 Å². The summed E-state index contributed by atoms with van der Waals surface area (Å²) in [6.45, 7) is 1.79. The molecule has 0 aliphatic rings. The van der Waals surface area contributed by atoms with Crippen molar-refractivity contribution in [3.63, 3.8) is 0 Å². The number of nitrogen functional groups attached to an aromatic ring is 1. The molecular formula is C9H10N4O2. The van der Waals surface area contributed by atoms with E-state index in [4.69, 9.17) is 10.2 Å². The molecule has 2 rings (SSSR count). The average molecular weight is 206 g/mol. The van der Waals surface area contributed by atoms with Gasteiger partial charge in [-0.2, -0.15) is 5.10 Å². The van der Waals surface area contributed by atoms with Crippen molar-refractivity contribution in [3.8, 4) is 0 Å². The summed E-state index contributed by atoms with van der Waals surface area (Å²) in [4.78, 5) is 11.6. The van der Waals surface area contributed by atoms with Gasteiger partial charge in [-0.3, -0.25) is 9.89 Å². The van der Waals surface area contributed by atoms with Crippen LogP contribution in [0.25, 0.3) is 0 Å². The first-order chi connectivity index (χ1) is 7.18. The lowest BCUT2D eigenvalue weighted by molar-refractivity contribution is 0.0995. The molecule has 2 aromatic heterocycles. The lowest BCUT2D eigenvalue weighted by atomic mass is 10.3. The first-order valence-electron chi connectivity index (χ1n) is 4.33. The SMILES string of the molecule is Cc1ccoc1C(=O)Nc1[nH]ncc1N. The summed E-state index contributed by atoms with van der Waals surface area (Å²) in [7, 11) is 0. The minimum absolute atomic E-state index is 0.268. The van der Waals surface area contributed by atoms with E-state index in [2.05, 4.69) is 15.5 Å². The molecule has 0 atom stereocenters. The van der Waals surface area contributed by atoms with E-state index in [1.807, 2.05) is 0 Å². The normalized spacial score (nSPS) is 10.2. The monoisotopic (exact) mass is 206 g/mol. The zero-order valence-corrected chi connectivity index (χ0v) is 8.07. The highest BCUT2D eigenvalue weighted by molar-refractivity contribution is 6.03. The van der Waals surface area contributed by atoms with Gasteiger partial charge < -0.3 is 15.5 Å². The standard InChI is InChI=1S/C9H10N4O2/c1-5-2-3-15-7(5)9(14)12-8-6(10)4-11-13-8/h2-4H,10H2,1H3,(H2,11,12,13,14). The molecule has 0 fully saturated rings. The number of aromatic amines is 1. The topological polar surface area (TPSA) is 96.9 Å². The van der Waals surface area contributed by atoms with Gasteiger partial charge in [0.2, 0.25) is 0 Å². The number of aryl methyl sites for hydroxylation is 1. The van der Waals surface area contributed by atoms with Gasteiger partial charge in [0.05, 0.1) is 18.1 Å². The molecule has 2 aromatic rings. The predicted molar refractivity (Wildman–Crippen MR) is 54.4 cm³/mol. The van der Waals surface area contributed by atoms with E-state index in [0.717, 1.165) is 5.56 Å². The highest BCUT2D eigenvalue weighted by atomic mass is 16.3. The Labute approximate surface area is 85.5 Å². The fourth-order valence-electron chi connectivity index (χ4n) is 1.17. The second-order valence-corrected chi connectivity index (χ2v) is 3.09. The maximum atomic E-state index is 11.6. The molecule has 6 heteroatoms. The van der Waals surface area contributed by atoms with E-state index in [9.17, 15) is 4.79 Å². The highest BCUT2D eigenvalue weighted by Crippen LogP contribution is 2.15. The zero-order valence-electron chi connectivity index (χ0n) is 8.07. The molecule has 0 radical (unpaired) electrons. The number of rotatable bonds is 2. The molecule has 0 unspecified atom stereocenters. The molecule has 6 nitrogen and oxygen atoms in total. The van der Waals surface area contributed by atoms with Gasteiger partial charge in [-0.05, 0) is 13.0 Å². The van der Waals surface area contributed by atoms with Gasteiger partial charge in [0.15, 0.2) is 11.6 Å². The largest absolute Gasteiger partial charge is 0.459 e. The number of amides is 1. The summed E-state index contributed by atoms with van der Waals surface area (Å²) in [5.74, 6) is 0.285. The number of carbonyl (C=O) groups excluding carboxylic acids is 1. The molecule has 0 spiro atoms. The molecular weight excluding hydrogens is 196 g/mol. The van der Waals surface area contributed by atoms with Crippen LogP contribution in [0.4, 0.5) is 11.5 Å². The Balaban J connectivity index is 2.18. The smallest absolute Gasteiger partial charge is 0.292 e. The van der Waals surface area contributed by atoms with Crippen LogP contribution in [0.2, 0.25) is 0 Å². The van der Waals surface area contributed by atoms with Crippen LogP contribution in [0.5, 0.6) is 0 Å². The van der Waals surface area contributed by atoms with Crippen molar-refractivity contribution in [2.75, 3.05) is 11.1 Å². The lowest BCUT2D eigenvalue weighted by Crippen LogP contribution is -2.13. The maximum Gasteiger partial charge on any atom is 0.292 e. The lowest BCUT2D eigenvalue weighted by Gasteiger charge is -2.01. The number of aromatic nitrogens is 2. The Morgan fingerprint density at radius 3 is 3.00 bits per heavy atom. The summed E-state index contributed by atoms with van der Waals surface area (Å²) < 4.78 is 5.03. The predicted octanol–water partition coefficient (Wildman–Crippen LogP) is 1.15. The Hall–Kier alpha value is -2.24. The molecule has 4 N–H and O–H groups in total. The van der Waals surface area contributed by atoms with Crippen molar-refractivity contribution in [3.05, 3.63) is 29.9 Å². The average Bonchev–Trinajstić information content (AvgIpc) is 2.76. The van der Waals surface area contributed by atoms with Gasteiger partial charge in [0.1, 0.15) is 0 Å². The molecule has 0 bridgehead atoms. The third kappa shape index (κ3) is 1.69. The molecule has 78 valence electrons. The van der Waals surface area contributed by atoms with Crippen LogP contribution in [0.1, 0.15) is 16.1 Å². The Kier molecular flexibility index (Phi) is 2.17. The molecule has 15 heavy (non-hydrogen) atoms. The van der Waals surface area contributed by atoms with E-state index in [0.29, 0.717) is 11.5 Å². The maximum absolute atomic E-state index is 11.6. The number of carbonyl (C=O) groups is 1. The molecule has 2 heterocycles. The van der Waals surface area contributed by atoms with Gasteiger partial charge >= 0.3 is 0 Å². The van der Waals surface area contributed by atoms with Crippen LogP contribution in [-0.2, 0) is 0 Å². The third-order valence-electron chi connectivity index (χ3n) is 1.98. The summed E-state index contributed by atoms with van der Waals surface area (Å²) >= 11 is 0. The van der Waals surface area contributed by atoms with Crippen LogP contribution >= 0.6 is 0 Å². The molecule has 0 saturated heterocycles. The number of nitrogens with one attached hydrogen (secondary N) is 2. The molecule has 1 amide bonds. The van der Waals surface area contributed by atoms with Crippen LogP contribution in [0.15, 0.2) is 22.9 Å². The van der Waals surface area contributed by atoms with Crippen LogP contribution in [-0.4, -0.2) is 16.1 Å². The second kappa shape index (κ2) is 3.49. The van der Waals surface area contributed by atoms with Gasteiger partial charge in [0.25, 0.3) is 5.91 Å². The Bertz CT molecular complexity index is 486. The fraction of sp³-hybridized carbons (Fsp3) is 0.111. The highest BCUT2D eigenvalue weighted by Gasteiger charge is 2.14. The number of anilines is 2. The number of nitrogens with two attached hydrogens (primary N) is 1. The van der Waals surface area contributed by atoms with Gasteiger partial charge in [-0.25, -0.2) is 0 Å². The Morgan fingerprint density at radius 2 is 2.47 bits per heavy atom. The van der Waals surface area contributed by atoms with Crippen LogP contribution in [0, 0.1) is 6.92 Å². The van der Waals surface area contributed by atoms with Crippen molar-refractivity contribution in [2.24, 2.45) is 0 Å². The van der Waals surface area contributed by atoms with E-state index >= 15 is 0 Å². The number of H-pyrrole nitrogens is 1. The first kappa shape index (κ1) is 9.32. The summed E-state index contributed by atoms with van der Waals surface area (Å²) in [5.41, 5.74) is 6.69. The number of hydrogen-bond acceptors (Lipinski definition) is 4. The van der Waals surface area contributed by atoms with E-state index in [1.54, 1.807) is 13.0 Å². The number of nitrogens with zero attached hydrogens (tertiary/aromatic N) is 1. The van der Waals surface area contributed by atoms with Gasteiger partial charge in [-0.15, -0.1) is 0 Å². The molecule has 0 saturated carbocycles. The number of hydrogen-bond donors (Lipinski definition) is 3. The van der Waals surface area contributed by atoms with Gasteiger partial charge in [-0.1, -0.05) is 0 Å². The van der Waals surface area contributed by atoms with Crippen molar-refractivity contribution in [1.82, 2.24) is 10.2 Å². The zero-order chi connectivity index (χ0) is 10.8. The minimum atomic E-state index is -0.353. The summed E-state index contributed by atoms with van der Waals surface area (Å²) in [6, 6.07) is 1.71. The van der Waals surface area contributed by atoms with Crippen molar-refractivity contribution in [2.45, 2.75) is 6.92 Å². The fourth-order valence-corrected chi connectivity index (χ4v) is 1.17. The summed E-state index contributed by atoms with van der Waals surface area (Å²) in [5, 5.41) is 8.81. The quantitative estimate of drug-likeness (QED) is 0.686. The third-order valence-corrected chi connectivity index (χ3v) is 1.98. The van der Waals surface area contributed by atoms with Crippen molar-refractivity contribution < 1.29 is 9.21 Å². The summed E-state index contributed by atoms with van der Waals surface area (Å²) in [6.07, 6.45) is 2.88. The molecule has 0 aliphatic heterocycles. The number of furan rings is 1. The van der Waals surface area contributed by atoms with E-state index < -0.39 is 0 Å². The molecule has 0 aliphatic carbocycles. The first-order valence-corrected chi connectivity index (χ1v) is 4.33. The second-order valence-electron chi connectivity index (χ2n) is 3.09. The van der Waals surface area contributed by atoms with Gasteiger partial charge in [0, 0.05) is 5.56 Å². The van der Waals surface area contributed by atoms with Crippen molar-refractivity contribution in [1.29, 1.82) is 0 Å². The van der Waals surface area contributed by atoms with Crippen LogP contribution in [0.3, 0.4) is 0 Å². The van der Waals surface area contributed by atoms with Crippen LogP contribution < -0.4 is 11.1 Å².